The molecular formula is C27H28ClN5O2. The molecule has 1 aliphatic carbocycles. The molecule has 0 aliphatic heterocycles. The Labute approximate surface area is 209 Å². The molecule has 180 valence electrons. The fourth-order valence-corrected chi connectivity index (χ4v) is 4.15. The first-order valence-corrected chi connectivity index (χ1v) is 11.8. The molecule has 0 saturated heterocycles. The summed E-state index contributed by atoms with van der Waals surface area (Å²) in [4.78, 5) is 29.9. The molecule has 1 saturated carbocycles. The Morgan fingerprint density at radius 2 is 1.83 bits per heavy atom. The van der Waals surface area contributed by atoms with Gasteiger partial charge in [0.2, 0.25) is 5.91 Å². The second-order valence-corrected chi connectivity index (χ2v) is 9.10. The number of nitrogens with two attached hydrogens (primary N) is 1. The van der Waals surface area contributed by atoms with Crippen LogP contribution in [0.15, 0.2) is 73.6 Å². The maximum Gasteiger partial charge on any atom is 0.255 e. The molecule has 7 nitrogen and oxygen atoms in total. The van der Waals surface area contributed by atoms with E-state index in [1.165, 1.54) is 6.20 Å². The molecule has 2 aromatic carbocycles. The highest BCUT2D eigenvalue weighted by Gasteiger charge is 2.51. The lowest BCUT2D eigenvalue weighted by atomic mass is 9.95. The minimum absolute atomic E-state index is 0.0238. The molecule has 1 heterocycles. The average molecular weight is 490 g/mol. The fraction of sp³-hybridized carbons (Fsp3) is 0.222. The number of halogens is 1. The monoisotopic (exact) mass is 489 g/mol. The lowest BCUT2D eigenvalue weighted by Gasteiger charge is -2.19. The highest BCUT2D eigenvalue weighted by molar-refractivity contribution is 6.30. The van der Waals surface area contributed by atoms with E-state index in [1.807, 2.05) is 31.2 Å². The van der Waals surface area contributed by atoms with Crippen molar-refractivity contribution in [2.24, 2.45) is 5.73 Å². The summed E-state index contributed by atoms with van der Waals surface area (Å²) >= 11 is 5.98. The van der Waals surface area contributed by atoms with E-state index in [4.69, 9.17) is 17.3 Å². The predicted octanol–water partition coefficient (Wildman–Crippen LogP) is 4.70. The molecule has 1 fully saturated rings. The predicted molar refractivity (Wildman–Crippen MR) is 139 cm³/mol. The molecule has 1 unspecified atom stereocenters. The van der Waals surface area contributed by atoms with E-state index in [1.54, 1.807) is 36.5 Å². The molecule has 35 heavy (non-hydrogen) atoms. The number of hydrogen-bond donors (Lipinski definition) is 4. The summed E-state index contributed by atoms with van der Waals surface area (Å²) in [5, 5.41) is 9.49. The van der Waals surface area contributed by atoms with E-state index in [0.717, 1.165) is 29.5 Å². The zero-order valence-electron chi connectivity index (χ0n) is 19.5. The van der Waals surface area contributed by atoms with E-state index in [0.29, 0.717) is 28.6 Å². The van der Waals surface area contributed by atoms with E-state index >= 15 is 0 Å². The number of carbonyl (C=O) groups excluding carboxylic acids is 2. The highest BCUT2D eigenvalue weighted by atomic mass is 35.5. The molecule has 0 bridgehead atoms. The fourth-order valence-electron chi connectivity index (χ4n) is 4.02. The van der Waals surface area contributed by atoms with Gasteiger partial charge in [-0.05, 0) is 67.4 Å². The molecule has 5 N–H and O–H groups in total. The lowest BCUT2D eigenvalue weighted by molar-refractivity contribution is -0.123. The minimum Gasteiger partial charge on any atom is -0.353 e. The Bertz CT molecular complexity index is 1240. The third-order valence-corrected chi connectivity index (χ3v) is 6.61. The number of rotatable bonds is 9. The number of amides is 2. The molecule has 1 atom stereocenters. The van der Waals surface area contributed by atoms with Gasteiger partial charge in [-0.2, -0.15) is 0 Å². The Kier molecular flexibility index (Phi) is 7.19. The first kappa shape index (κ1) is 24.4. The Hall–Kier alpha value is -3.68. The van der Waals surface area contributed by atoms with Gasteiger partial charge in [-0.25, -0.2) is 4.98 Å². The van der Waals surface area contributed by atoms with Crippen LogP contribution in [0.3, 0.4) is 0 Å². The number of pyridine rings is 1. The van der Waals surface area contributed by atoms with Gasteiger partial charge >= 0.3 is 0 Å². The minimum atomic E-state index is -0.488. The van der Waals surface area contributed by atoms with E-state index in [-0.39, 0.29) is 11.8 Å². The van der Waals surface area contributed by atoms with Crippen molar-refractivity contribution in [3.8, 4) is 0 Å². The van der Waals surface area contributed by atoms with Crippen molar-refractivity contribution in [1.82, 2.24) is 10.3 Å². The zero-order chi connectivity index (χ0) is 25.0. The van der Waals surface area contributed by atoms with Crippen molar-refractivity contribution in [2.45, 2.75) is 31.2 Å². The van der Waals surface area contributed by atoms with Crippen molar-refractivity contribution < 1.29 is 9.59 Å². The van der Waals surface area contributed by atoms with Gasteiger partial charge in [0.05, 0.1) is 5.41 Å². The molecule has 3 aromatic rings. The second-order valence-electron chi connectivity index (χ2n) is 8.66. The van der Waals surface area contributed by atoms with Crippen molar-refractivity contribution in [1.29, 1.82) is 0 Å². The SMILES string of the molecule is C=CNc1nccc(NC(=O)c2ccc(C(N)CNC(=O)C3(c4ccc(Cl)cc4)CC3)cc2)c1C. The molecule has 4 rings (SSSR count). The van der Waals surface area contributed by atoms with Gasteiger partial charge < -0.3 is 21.7 Å². The van der Waals surface area contributed by atoms with Crippen LogP contribution in [-0.2, 0) is 10.2 Å². The van der Waals surface area contributed by atoms with Crippen LogP contribution in [0.4, 0.5) is 11.5 Å². The third kappa shape index (κ3) is 5.37. The summed E-state index contributed by atoms with van der Waals surface area (Å²) in [5.41, 5.74) is 9.61. The molecule has 1 aliphatic rings. The average Bonchev–Trinajstić information content (AvgIpc) is 3.67. The summed E-state index contributed by atoms with van der Waals surface area (Å²) in [5.74, 6) is 0.366. The van der Waals surface area contributed by atoms with E-state index in [2.05, 4.69) is 27.5 Å². The second kappa shape index (κ2) is 10.3. The van der Waals surface area contributed by atoms with Crippen LogP contribution in [-0.4, -0.2) is 23.3 Å². The topological polar surface area (TPSA) is 109 Å². The van der Waals surface area contributed by atoms with Gasteiger partial charge in [-0.1, -0.05) is 42.4 Å². The number of benzene rings is 2. The van der Waals surface area contributed by atoms with Crippen LogP contribution >= 0.6 is 11.6 Å². The van der Waals surface area contributed by atoms with Crippen molar-refractivity contribution in [3.63, 3.8) is 0 Å². The number of hydrogen-bond acceptors (Lipinski definition) is 5. The standard InChI is InChI=1S/C27H28ClN5O2/c1-3-30-24-17(2)23(12-15-31-24)33-25(34)19-6-4-18(5-7-19)22(29)16-32-26(35)27(13-14-27)20-8-10-21(28)11-9-20/h3-12,15,22H,1,13-14,16,29H2,2H3,(H,32,35)(H2,30,31,33,34). The Morgan fingerprint density at radius 1 is 1.14 bits per heavy atom. The van der Waals surface area contributed by atoms with Gasteiger partial charge in [-0.15, -0.1) is 0 Å². The van der Waals surface area contributed by atoms with Crippen LogP contribution in [0, 0.1) is 6.92 Å². The van der Waals surface area contributed by atoms with Crippen molar-refractivity contribution >= 4 is 34.9 Å². The number of anilines is 2. The van der Waals surface area contributed by atoms with E-state index < -0.39 is 11.5 Å². The number of nitrogens with one attached hydrogen (secondary N) is 3. The third-order valence-electron chi connectivity index (χ3n) is 6.36. The Morgan fingerprint density at radius 3 is 2.46 bits per heavy atom. The van der Waals surface area contributed by atoms with Crippen molar-refractivity contribution in [3.05, 3.63) is 101 Å². The quantitative estimate of drug-likeness (QED) is 0.348. The van der Waals surface area contributed by atoms with Gasteiger partial charge in [-0.3, -0.25) is 9.59 Å². The van der Waals surface area contributed by atoms with Gasteiger partial charge in [0.15, 0.2) is 0 Å². The summed E-state index contributed by atoms with van der Waals surface area (Å²) in [7, 11) is 0. The van der Waals surface area contributed by atoms with Crippen molar-refractivity contribution in [2.75, 3.05) is 17.2 Å². The van der Waals surface area contributed by atoms with Crippen LogP contribution in [0.2, 0.25) is 5.02 Å². The highest BCUT2D eigenvalue weighted by Crippen LogP contribution is 2.48. The summed E-state index contributed by atoms with van der Waals surface area (Å²) in [6.45, 7) is 5.80. The van der Waals surface area contributed by atoms with Gasteiger partial charge in [0, 0.05) is 40.6 Å². The molecular weight excluding hydrogens is 462 g/mol. The number of carbonyl (C=O) groups is 2. The van der Waals surface area contributed by atoms with E-state index in [9.17, 15) is 9.59 Å². The smallest absolute Gasteiger partial charge is 0.255 e. The zero-order valence-corrected chi connectivity index (χ0v) is 20.2. The molecule has 0 radical (unpaired) electrons. The normalized spacial score (nSPS) is 14.5. The van der Waals surface area contributed by atoms with Gasteiger partial charge in [0.1, 0.15) is 5.82 Å². The van der Waals surface area contributed by atoms with Crippen LogP contribution in [0.1, 0.15) is 45.9 Å². The molecule has 1 aromatic heterocycles. The molecule has 0 spiro atoms. The maximum atomic E-state index is 12.9. The summed E-state index contributed by atoms with van der Waals surface area (Å²) in [6.07, 6.45) is 4.76. The summed E-state index contributed by atoms with van der Waals surface area (Å²) < 4.78 is 0. The first-order valence-electron chi connectivity index (χ1n) is 11.4. The number of aromatic nitrogens is 1. The maximum absolute atomic E-state index is 12.9. The molecule has 8 heteroatoms. The first-order chi connectivity index (χ1) is 16.8. The largest absolute Gasteiger partial charge is 0.353 e. The van der Waals surface area contributed by atoms with Gasteiger partial charge in [0.25, 0.3) is 5.91 Å². The Balaban J connectivity index is 1.35. The van der Waals surface area contributed by atoms with Crippen LogP contribution in [0.25, 0.3) is 0 Å². The number of nitrogens with zero attached hydrogens (tertiary/aromatic N) is 1. The lowest BCUT2D eigenvalue weighted by Crippen LogP contribution is -2.38. The molecule has 2 amide bonds. The van der Waals surface area contributed by atoms with Crippen LogP contribution in [0.5, 0.6) is 0 Å². The summed E-state index contributed by atoms with van der Waals surface area (Å²) in [6, 6.07) is 15.8. The van der Waals surface area contributed by atoms with Crippen LogP contribution < -0.4 is 21.7 Å².